The number of carbonyl (C=O) groups excluding carboxylic acids is 1. The zero-order chi connectivity index (χ0) is 21.3. The Kier molecular flexibility index (Phi) is 5.72. The predicted molar refractivity (Wildman–Crippen MR) is 124 cm³/mol. The summed E-state index contributed by atoms with van der Waals surface area (Å²) >= 11 is 17.2. The fourth-order valence-corrected chi connectivity index (χ4v) is 3.44. The van der Waals surface area contributed by atoms with Gasteiger partial charge in [0.15, 0.2) is 10.7 Å². The Bertz CT molecular complexity index is 1270. The summed E-state index contributed by atoms with van der Waals surface area (Å²) in [5.41, 5.74) is 4.20. The van der Waals surface area contributed by atoms with E-state index in [0.29, 0.717) is 32.6 Å². The maximum atomic E-state index is 12.3. The number of benzene rings is 3. The molecule has 3 aromatic carbocycles. The number of hydrogen-bond acceptors (Lipinski definition) is 4. The molecule has 4 rings (SSSR count). The number of halogens is 2. The summed E-state index contributed by atoms with van der Waals surface area (Å²) in [6.45, 7) is 1.92. The minimum absolute atomic E-state index is 0.180. The molecule has 5 nitrogen and oxygen atoms in total. The minimum atomic E-state index is -0.325. The lowest BCUT2D eigenvalue weighted by Crippen LogP contribution is -2.34. The minimum Gasteiger partial charge on any atom is -0.436 e. The Hall–Kier alpha value is -2.93. The average molecular weight is 456 g/mol. The van der Waals surface area contributed by atoms with E-state index in [0.717, 1.165) is 16.8 Å². The van der Waals surface area contributed by atoms with Crippen LogP contribution < -0.4 is 10.6 Å². The van der Waals surface area contributed by atoms with Crippen LogP contribution in [0.15, 0.2) is 65.1 Å². The van der Waals surface area contributed by atoms with Gasteiger partial charge in [-0.05, 0) is 79.3 Å². The molecule has 0 fully saturated rings. The first-order chi connectivity index (χ1) is 14.4. The van der Waals surface area contributed by atoms with Gasteiger partial charge in [-0.3, -0.25) is 10.1 Å². The fourth-order valence-electron chi connectivity index (χ4n) is 2.95. The highest BCUT2D eigenvalue weighted by molar-refractivity contribution is 7.80. The Morgan fingerprint density at radius 2 is 1.77 bits per heavy atom. The van der Waals surface area contributed by atoms with Gasteiger partial charge in [0, 0.05) is 26.9 Å². The Morgan fingerprint density at radius 3 is 2.53 bits per heavy atom. The molecule has 0 saturated heterocycles. The molecule has 150 valence electrons. The standard InChI is InChI=1S/C22H15Cl2N3O2S/c1-12-16(21-25-18-11-15(24)9-10-19(18)29-21)3-2-4-17(12)26-22(30)27-20(28)13-5-7-14(23)8-6-13/h2-11H,1H3,(H2,26,27,28,30). The van der Waals surface area contributed by atoms with E-state index in [1.54, 1.807) is 42.5 Å². The van der Waals surface area contributed by atoms with Crippen molar-refractivity contribution in [3.8, 4) is 11.5 Å². The molecule has 0 unspecified atom stereocenters. The molecule has 0 aliphatic carbocycles. The highest BCUT2D eigenvalue weighted by atomic mass is 35.5. The van der Waals surface area contributed by atoms with Crippen LogP contribution in [0.5, 0.6) is 0 Å². The number of aromatic nitrogens is 1. The van der Waals surface area contributed by atoms with Crippen LogP contribution in [-0.2, 0) is 0 Å². The maximum absolute atomic E-state index is 12.3. The predicted octanol–water partition coefficient (Wildman–Crippen LogP) is 6.24. The molecule has 4 aromatic rings. The molecule has 0 bridgehead atoms. The third-order valence-corrected chi connectivity index (χ3v) is 5.19. The van der Waals surface area contributed by atoms with Crippen LogP contribution in [0, 0.1) is 6.92 Å². The molecule has 2 N–H and O–H groups in total. The van der Waals surface area contributed by atoms with Crippen molar-refractivity contribution in [1.29, 1.82) is 0 Å². The molecule has 1 heterocycles. The molecule has 0 aliphatic rings. The van der Waals surface area contributed by atoms with Gasteiger partial charge in [-0.1, -0.05) is 29.3 Å². The van der Waals surface area contributed by atoms with Gasteiger partial charge in [0.05, 0.1) is 0 Å². The van der Waals surface area contributed by atoms with Crippen LogP contribution >= 0.6 is 35.4 Å². The summed E-state index contributed by atoms with van der Waals surface area (Å²) in [6, 6.07) is 17.5. The van der Waals surface area contributed by atoms with Crippen molar-refractivity contribution in [2.75, 3.05) is 5.32 Å². The summed E-state index contributed by atoms with van der Waals surface area (Å²) in [5, 5.41) is 7.05. The second kappa shape index (κ2) is 8.44. The van der Waals surface area contributed by atoms with Crippen molar-refractivity contribution in [2.45, 2.75) is 6.92 Å². The van der Waals surface area contributed by atoms with Crippen molar-refractivity contribution in [2.24, 2.45) is 0 Å². The zero-order valence-electron chi connectivity index (χ0n) is 15.7. The van der Waals surface area contributed by atoms with Gasteiger partial charge in [-0.2, -0.15) is 0 Å². The van der Waals surface area contributed by atoms with Crippen LogP contribution in [-0.4, -0.2) is 16.0 Å². The lowest BCUT2D eigenvalue weighted by molar-refractivity contribution is 0.0977. The molecule has 8 heteroatoms. The number of thiocarbonyl (C=S) groups is 1. The molecular formula is C22H15Cl2N3O2S. The molecule has 0 aliphatic heterocycles. The number of nitrogens with one attached hydrogen (secondary N) is 2. The van der Waals surface area contributed by atoms with Crippen LogP contribution in [0.2, 0.25) is 10.0 Å². The summed E-state index contributed by atoms with van der Waals surface area (Å²) < 4.78 is 5.87. The summed E-state index contributed by atoms with van der Waals surface area (Å²) in [5.74, 6) is 0.151. The molecule has 1 amide bonds. The Morgan fingerprint density at radius 1 is 1.03 bits per heavy atom. The smallest absolute Gasteiger partial charge is 0.257 e. The monoisotopic (exact) mass is 455 g/mol. The normalized spacial score (nSPS) is 10.8. The van der Waals surface area contributed by atoms with E-state index in [-0.39, 0.29) is 11.0 Å². The molecule has 0 saturated carbocycles. The van der Waals surface area contributed by atoms with Gasteiger partial charge >= 0.3 is 0 Å². The van der Waals surface area contributed by atoms with E-state index in [1.807, 2.05) is 25.1 Å². The number of rotatable bonds is 3. The van der Waals surface area contributed by atoms with Gasteiger partial charge < -0.3 is 9.73 Å². The van der Waals surface area contributed by atoms with E-state index in [2.05, 4.69) is 15.6 Å². The number of nitrogens with zero attached hydrogens (tertiary/aromatic N) is 1. The summed E-state index contributed by atoms with van der Waals surface area (Å²) in [7, 11) is 0. The van der Waals surface area contributed by atoms with Crippen molar-refractivity contribution >= 4 is 63.2 Å². The van der Waals surface area contributed by atoms with E-state index in [4.69, 9.17) is 39.8 Å². The van der Waals surface area contributed by atoms with Gasteiger partial charge in [0.1, 0.15) is 5.52 Å². The second-order valence-corrected chi connectivity index (χ2v) is 7.81. The Labute approximate surface area is 188 Å². The Balaban J connectivity index is 1.54. The number of fused-ring (bicyclic) bond motifs is 1. The summed E-state index contributed by atoms with van der Waals surface area (Å²) in [4.78, 5) is 16.9. The quantitative estimate of drug-likeness (QED) is 0.358. The number of amides is 1. The molecular weight excluding hydrogens is 441 g/mol. The van der Waals surface area contributed by atoms with Crippen molar-refractivity contribution in [1.82, 2.24) is 10.3 Å². The van der Waals surface area contributed by atoms with Gasteiger partial charge in [0.25, 0.3) is 5.91 Å². The van der Waals surface area contributed by atoms with Crippen molar-refractivity contribution in [3.63, 3.8) is 0 Å². The number of hydrogen-bond donors (Lipinski definition) is 2. The second-order valence-electron chi connectivity index (χ2n) is 6.52. The van der Waals surface area contributed by atoms with E-state index in [1.165, 1.54) is 0 Å². The molecule has 0 radical (unpaired) electrons. The zero-order valence-corrected chi connectivity index (χ0v) is 18.0. The van der Waals surface area contributed by atoms with Crippen molar-refractivity contribution in [3.05, 3.63) is 81.8 Å². The lowest BCUT2D eigenvalue weighted by atomic mass is 10.1. The highest BCUT2D eigenvalue weighted by Gasteiger charge is 2.14. The van der Waals surface area contributed by atoms with Crippen LogP contribution in [0.1, 0.15) is 15.9 Å². The van der Waals surface area contributed by atoms with Crippen LogP contribution in [0.3, 0.4) is 0 Å². The van der Waals surface area contributed by atoms with E-state index >= 15 is 0 Å². The van der Waals surface area contributed by atoms with Gasteiger partial charge in [0.2, 0.25) is 5.89 Å². The van der Waals surface area contributed by atoms with Crippen LogP contribution in [0.4, 0.5) is 5.69 Å². The van der Waals surface area contributed by atoms with E-state index < -0.39 is 0 Å². The average Bonchev–Trinajstić information content (AvgIpc) is 3.12. The third-order valence-electron chi connectivity index (χ3n) is 4.50. The molecule has 0 atom stereocenters. The van der Waals surface area contributed by atoms with E-state index in [9.17, 15) is 4.79 Å². The topological polar surface area (TPSA) is 67.2 Å². The lowest BCUT2D eigenvalue weighted by Gasteiger charge is -2.13. The highest BCUT2D eigenvalue weighted by Crippen LogP contribution is 2.31. The SMILES string of the molecule is Cc1c(NC(=S)NC(=O)c2ccc(Cl)cc2)cccc1-c1nc2cc(Cl)ccc2o1. The number of carbonyl (C=O) groups is 1. The molecule has 1 aromatic heterocycles. The third kappa shape index (κ3) is 4.31. The first-order valence-electron chi connectivity index (χ1n) is 8.95. The number of anilines is 1. The van der Waals surface area contributed by atoms with Crippen LogP contribution in [0.25, 0.3) is 22.6 Å². The number of oxazole rings is 1. The van der Waals surface area contributed by atoms with Crippen molar-refractivity contribution < 1.29 is 9.21 Å². The summed E-state index contributed by atoms with van der Waals surface area (Å²) in [6.07, 6.45) is 0. The van der Waals surface area contributed by atoms with Gasteiger partial charge in [-0.15, -0.1) is 0 Å². The largest absolute Gasteiger partial charge is 0.436 e. The molecule has 0 spiro atoms. The van der Waals surface area contributed by atoms with Gasteiger partial charge in [-0.25, -0.2) is 4.98 Å². The first kappa shape index (κ1) is 20.3. The molecule has 30 heavy (non-hydrogen) atoms. The first-order valence-corrected chi connectivity index (χ1v) is 10.1. The fraction of sp³-hybridized carbons (Fsp3) is 0.0455. The maximum Gasteiger partial charge on any atom is 0.257 e.